The molecule has 1 fully saturated rings. The third kappa shape index (κ3) is 5.07. The van der Waals surface area contributed by atoms with Gasteiger partial charge in [-0.3, -0.25) is 4.79 Å². The molecule has 0 bridgehead atoms. The molecule has 1 saturated heterocycles. The van der Waals surface area contributed by atoms with Crippen LogP contribution in [0.3, 0.4) is 0 Å². The molecule has 1 N–H and O–H groups in total. The highest BCUT2D eigenvalue weighted by Gasteiger charge is 2.19. The second-order valence-corrected chi connectivity index (χ2v) is 8.25. The summed E-state index contributed by atoms with van der Waals surface area (Å²) < 4.78 is 13.3. The van der Waals surface area contributed by atoms with Crippen LogP contribution in [0.1, 0.15) is 42.2 Å². The quantitative estimate of drug-likeness (QED) is 0.544. The van der Waals surface area contributed by atoms with Crippen molar-refractivity contribution in [2.75, 3.05) is 39.9 Å². The molecule has 4 rings (SSSR count). The SMILES string of the molecule is CCOc1cccc2c1cc(C(=O)NCCN1CCCCC1)n2Cc1cccc(OC)c1. The normalized spacial score (nSPS) is 14.4. The van der Waals surface area contributed by atoms with E-state index in [4.69, 9.17) is 9.47 Å². The van der Waals surface area contributed by atoms with Gasteiger partial charge in [0.05, 0.1) is 19.2 Å². The van der Waals surface area contributed by atoms with Crippen LogP contribution in [0, 0.1) is 0 Å². The van der Waals surface area contributed by atoms with Crippen molar-refractivity contribution in [3.05, 3.63) is 59.8 Å². The molecule has 3 aromatic rings. The van der Waals surface area contributed by atoms with E-state index in [0.717, 1.165) is 47.6 Å². The number of piperidine rings is 1. The molecular formula is C26H33N3O3. The van der Waals surface area contributed by atoms with Crippen molar-refractivity contribution in [2.24, 2.45) is 0 Å². The highest BCUT2D eigenvalue weighted by Crippen LogP contribution is 2.30. The van der Waals surface area contributed by atoms with Gasteiger partial charge in [0.15, 0.2) is 0 Å². The maximum Gasteiger partial charge on any atom is 0.268 e. The number of ether oxygens (including phenoxy) is 2. The van der Waals surface area contributed by atoms with E-state index < -0.39 is 0 Å². The molecule has 0 radical (unpaired) electrons. The third-order valence-electron chi connectivity index (χ3n) is 6.08. The first-order valence-electron chi connectivity index (χ1n) is 11.6. The van der Waals surface area contributed by atoms with Gasteiger partial charge >= 0.3 is 0 Å². The summed E-state index contributed by atoms with van der Waals surface area (Å²) in [5, 5.41) is 4.10. The smallest absolute Gasteiger partial charge is 0.268 e. The lowest BCUT2D eigenvalue weighted by molar-refractivity contribution is 0.0938. The number of rotatable bonds is 9. The summed E-state index contributed by atoms with van der Waals surface area (Å²) in [5.41, 5.74) is 2.71. The number of carbonyl (C=O) groups excluding carboxylic acids is 1. The summed E-state index contributed by atoms with van der Waals surface area (Å²) in [6.45, 7) is 6.93. The number of aromatic nitrogens is 1. The van der Waals surface area contributed by atoms with Crippen LogP contribution in [0.5, 0.6) is 11.5 Å². The first-order valence-corrected chi connectivity index (χ1v) is 11.6. The summed E-state index contributed by atoms with van der Waals surface area (Å²) >= 11 is 0. The molecule has 1 aliphatic heterocycles. The van der Waals surface area contributed by atoms with Gasteiger partial charge in [-0.05, 0) is 68.8 Å². The van der Waals surface area contributed by atoms with E-state index in [1.54, 1.807) is 7.11 Å². The fourth-order valence-corrected chi connectivity index (χ4v) is 4.45. The standard InChI is InChI=1S/C26H33N3O3/c1-3-32-25-12-8-11-23-22(25)18-24(26(30)27-13-16-28-14-5-4-6-15-28)29(23)19-20-9-7-10-21(17-20)31-2/h7-12,17-18H,3-6,13-16,19H2,1-2H3,(H,27,30). The molecule has 0 spiro atoms. The molecule has 1 aliphatic rings. The minimum absolute atomic E-state index is 0.0523. The molecule has 6 heteroatoms. The third-order valence-corrected chi connectivity index (χ3v) is 6.08. The Labute approximate surface area is 190 Å². The van der Waals surface area contributed by atoms with Crippen LogP contribution in [0.25, 0.3) is 10.9 Å². The van der Waals surface area contributed by atoms with Crippen LogP contribution in [0.2, 0.25) is 0 Å². The van der Waals surface area contributed by atoms with E-state index in [1.165, 1.54) is 19.3 Å². The Balaban J connectivity index is 1.60. The van der Waals surface area contributed by atoms with Crippen LogP contribution in [-0.4, -0.2) is 55.3 Å². The largest absolute Gasteiger partial charge is 0.497 e. The van der Waals surface area contributed by atoms with E-state index >= 15 is 0 Å². The van der Waals surface area contributed by atoms with Gasteiger partial charge < -0.3 is 24.3 Å². The number of hydrogen-bond donors (Lipinski definition) is 1. The van der Waals surface area contributed by atoms with Crippen molar-refractivity contribution in [1.82, 2.24) is 14.8 Å². The number of carbonyl (C=O) groups is 1. The van der Waals surface area contributed by atoms with Gasteiger partial charge in [-0.1, -0.05) is 24.6 Å². The summed E-state index contributed by atoms with van der Waals surface area (Å²) in [6, 6.07) is 15.9. The van der Waals surface area contributed by atoms with E-state index in [2.05, 4.69) is 20.9 Å². The van der Waals surface area contributed by atoms with E-state index in [0.29, 0.717) is 25.4 Å². The number of benzene rings is 2. The fourth-order valence-electron chi connectivity index (χ4n) is 4.45. The van der Waals surface area contributed by atoms with Gasteiger partial charge in [-0.15, -0.1) is 0 Å². The summed E-state index contributed by atoms with van der Waals surface area (Å²) in [6.07, 6.45) is 3.82. The van der Waals surface area contributed by atoms with Gasteiger partial charge in [-0.25, -0.2) is 0 Å². The zero-order chi connectivity index (χ0) is 22.3. The van der Waals surface area contributed by atoms with Crippen LogP contribution < -0.4 is 14.8 Å². The Hall–Kier alpha value is -2.99. The van der Waals surface area contributed by atoms with E-state index in [1.807, 2.05) is 49.4 Å². The molecule has 2 heterocycles. The molecule has 0 saturated carbocycles. The minimum Gasteiger partial charge on any atom is -0.497 e. The van der Waals surface area contributed by atoms with Gasteiger partial charge in [0.1, 0.15) is 17.2 Å². The Morgan fingerprint density at radius 2 is 1.88 bits per heavy atom. The zero-order valence-electron chi connectivity index (χ0n) is 19.1. The first-order chi connectivity index (χ1) is 15.7. The lowest BCUT2D eigenvalue weighted by atomic mass is 10.1. The second-order valence-electron chi connectivity index (χ2n) is 8.25. The van der Waals surface area contributed by atoms with E-state index in [-0.39, 0.29) is 5.91 Å². The molecule has 1 amide bonds. The maximum atomic E-state index is 13.2. The highest BCUT2D eigenvalue weighted by atomic mass is 16.5. The summed E-state index contributed by atoms with van der Waals surface area (Å²) in [7, 11) is 1.67. The Kier molecular flexibility index (Phi) is 7.32. The molecule has 1 aromatic heterocycles. The molecular weight excluding hydrogens is 402 g/mol. The number of likely N-dealkylation sites (tertiary alicyclic amines) is 1. The average Bonchev–Trinajstić information content (AvgIpc) is 3.19. The van der Waals surface area contributed by atoms with Crippen molar-refractivity contribution < 1.29 is 14.3 Å². The van der Waals surface area contributed by atoms with E-state index in [9.17, 15) is 4.79 Å². The van der Waals surface area contributed by atoms with Crippen LogP contribution >= 0.6 is 0 Å². The molecule has 32 heavy (non-hydrogen) atoms. The predicted octanol–water partition coefficient (Wildman–Crippen LogP) is 4.31. The molecule has 2 aromatic carbocycles. The number of nitrogens with one attached hydrogen (secondary N) is 1. The number of fused-ring (bicyclic) bond motifs is 1. The zero-order valence-corrected chi connectivity index (χ0v) is 19.1. The first kappa shape index (κ1) is 22.2. The van der Waals surface area contributed by atoms with Gasteiger partial charge in [0.25, 0.3) is 5.91 Å². The van der Waals surface area contributed by atoms with Crippen molar-refractivity contribution in [3.8, 4) is 11.5 Å². The lowest BCUT2D eigenvalue weighted by Crippen LogP contribution is -2.38. The Bertz CT molecular complexity index is 1050. The molecule has 0 unspecified atom stereocenters. The number of hydrogen-bond acceptors (Lipinski definition) is 4. The number of amides is 1. The second kappa shape index (κ2) is 10.6. The van der Waals surface area contributed by atoms with Crippen LogP contribution in [0.4, 0.5) is 0 Å². The molecule has 0 aliphatic carbocycles. The fraction of sp³-hybridized carbons (Fsp3) is 0.423. The van der Waals surface area contributed by atoms with Gasteiger partial charge in [0, 0.05) is 25.0 Å². The minimum atomic E-state index is -0.0523. The molecule has 170 valence electrons. The van der Waals surface area contributed by atoms with Crippen molar-refractivity contribution in [1.29, 1.82) is 0 Å². The average molecular weight is 436 g/mol. The lowest BCUT2D eigenvalue weighted by Gasteiger charge is -2.26. The van der Waals surface area contributed by atoms with Crippen molar-refractivity contribution in [3.63, 3.8) is 0 Å². The predicted molar refractivity (Wildman–Crippen MR) is 128 cm³/mol. The Morgan fingerprint density at radius 1 is 1.06 bits per heavy atom. The van der Waals surface area contributed by atoms with Gasteiger partial charge in [-0.2, -0.15) is 0 Å². The van der Waals surface area contributed by atoms with Crippen molar-refractivity contribution >= 4 is 16.8 Å². The topological polar surface area (TPSA) is 55.7 Å². The molecule has 6 nitrogen and oxygen atoms in total. The summed E-state index contributed by atoms with van der Waals surface area (Å²) in [5.74, 6) is 1.56. The number of nitrogens with zero attached hydrogens (tertiary/aromatic N) is 2. The maximum absolute atomic E-state index is 13.2. The Morgan fingerprint density at radius 3 is 2.66 bits per heavy atom. The van der Waals surface area contributed by atoms with Crippen LogP contribution in [0.15, 0.2) is 48.5 Å². The van der Waals surface area contributed by atoms with Gasteiger partial charge in [0.2, 0.25) is 0 Å². The monoisotopic (exact) mass is 435 g/mol. The van der Waals surface area contributed by atoms with Crippen molar-refractivity contribution in [2.45, 2.75) is 32.7 Å². The highest BCUT2D eigenvalue weighted by molar-refractivity contribution is 6.00. The summed E-state index contributed by atoms with van der Waals surface area (Å²) in [4.78, 5) is 15.7. The molecule has 0 atom stereocenters. The number of methoxy groups -OCH3 is 1. The van der Waals surface area contributed by atoms with Crippen LogP contribution in [-0.2, 0) is 6.54 Å².